The lowest BCUT2D eigenvalue weighted by atomic mass is 10.0. The van der Waals surface area contributed by atoms with Gasteiger partial charge in [-0.15, -0.1) is 5.10 Å². The molecule has 0 aliphatic heterocycles. The molecule has 0 saturated carbocycles. The Morgan fingerprint density at radius 3 is 2.82 bits per heavy atom. The highest BCUT2D eigenvalue weighted by Gasteiger charge is 2.12. The molecule has 6 rings (SSSR count). The number of pyridine rings is 2. The number of benzene rings is 2. The van der Waals surface area contributed by atoms with Gasteiger partial charge < -0.3 is 14.5 Å². The first-order chi connectivity index (χ1) is 19.1. The van der Waals surface area contributed by atoms with Crippen LogP contribution < -0.4 is 5.32 Å². The number of ether oxygens (including phenoxy) is 1. The van der Waals surface area contributed by atoms with Crippen molar-refractivity contribution in [2.45, 2.75) is 20.0 Å². The first-order valence-electron chi connectivity index (χ1n) is 12.7. The fourth-order valence-corrected chi connectivity index (χ4v) is 4.48. The fourth-order valence-electron chi connectivity index (χ4n) is 4.48. The van der Waals surface area contributed by atoms with E-state index in [4.69, 9.17) is 14.1 Å². The minimum atomic E-state index is -0.460. The molecule has 0 atom stereocenters. The molecule has 1 N–H and O–H groups in total. The van der Waals surface area contributed by atoms with Gasteiger partial charge >= 0.3 is 5.97 Å². The van der Waals surface area contributed by atoms with Crippen LogP contribution in [0, 0.1) is 6.92 Å². The van der Waals surface area contributed by atoms with Gasteiger partial charge in [-0.3, -0.25) is 4.98 Å². The summed E-state index contributed by atoms with van der Waals surface area (Å²) in [6.45, 7) is 4.11. The van der Waals surface area contributed by atoms with Crippen molar-refractivity contribution in [3.05, 3.63) is 108 Å². The van der Waals surface area contributed by atoms with Crippen molar-refractivity contribution >= 4 is 28.0 Å². The number of hydrogen-bond donors (Lipinski definition) is 1. The van der Waals surface area contributed by atoms with E-state index in [0.29, 0.717) is 19.6 Å². The molecule has 0 saturated heterocycles. The summed E-state index contributed by atoms with van der Waals surface area (Å²) in [4.78, 5) is 21.1. The van der Waals surface area contributed by atoms with Crippen LogP contribution in [0.1, 0.15) is 27.2 Å². The van der Waals surface area contributed by atoms with Crippen LogP contribution in [0.3, 0.4) is 0 Å². The maximum atomic E-state index is 11.8. The Labute approximate surface area is 224 Å². The monoisotopic (exact) mass is 518 g/mol. The zero-order chi connectivity index (χ0) is 26.6. The fraction of sp³-hybridized carbons (Fsp3) is 0.167. The second-order valence-corrected chi connectivity index (χ2v) is 9.25. The van der Waals surface area contributed by atoms with Gasteiger partial charge in [0.25, 0.3) is 0 Å². The summed E-state index contributed by atoms with van der Waals surface area (Å²) in [6.07, 6.45) is 3.25. The molecule has 0 aliphatic carbocycles. The molecular weight excluding hydrogens is 492 g/mol. The lowest BCUT2D eigenvalue weighted by molar-refractivity contribution is 0.0472. The highest BCUT2D eigenvalue weighted by molar-refractivity contribution is 5.86. The number of aryl methyl sites for hydroxylation is 1. The average Bonchev–Trinajstić information content (AvgIpc) is 3.64. The molecule has 4 heterocycles. The number of furan rings is 1. The van der Waals surface area contributed by atoms with E-state index in [9.17, 15) is 4.79 Å². The highest BCUT2D eigenvalue weighted by Crippen LogP contribution is 2.23. The topological polar surface area (TPSA) is 108 Å². The third kappa shape index (κ3) is 5.39. The van der Waals surface area contributed by atoms with Gasteiger partial charge in [0.15, 0.2) is 5.65 Å². The third-order valence-electron chi connectivity index (χ3n) is 6.55. The minimum Gasteiger partial charge on any atom is -0.458 e. The molecular formula is C30H26N6O3. The number of fused-ring (bicyclic) bond motifs is 2. The van der Waals surface area contributed by atoms with Crippen LogP contribution in [0.15, 0.2) is 89.7 Å². The van der Waals surface area contributed by atoms with Crippen molar-refractivity contribution in [3.63, 3.8) is 0 Å². The highest BCUT2D eigenvalue weighted by atomic mass is 16.5. The molecule has 0 aliphatic rings. The van der Waals surface area contributed by atoms with Crippen LogP contribution in [0.4, 0.5) is 0 Å². The van der Waals surface area contributed by atoms with Gasteiger partial charge in [-0.05, 0) is 72.1 Å². The van der Waals surface area contributed by atoms with E-state index >= 15 is 0 Å². The maximum Gasteiger partial charge on any atom is 0.374 e. The quantitative estimate of drug-likeness (QED) is 0.212. The smallest absolute Gasteiger partial charge is 0.374 e. The Bertz CT molecular complexity index is 1760. The first kappa shape index (κ1) is 24.4. The largest absolute Gasteiger partial charge is 0.458 e. The number of nitrogens with one attached hydrogen (secondary N) is 1. The molecule has 194 valence electrons. The van der Waals surface area contributed by atoms with Crippen molar-refractivity contribution in [1.29, 1.82) is 0 Å². The van der Waals surface area contributed by atoms with Gasteiger partial charge in [0, 0.05) is 30.2 Å². The van der Waals surface area contributed by atoms with E-state index < -0.39 is 5.97 Å². The van der Waals surface area contributed by atoms with E-state index in [1.54, 1.807) is 18.3 Å². The predicted molar refractivity (Wildman–Crippen MR) is 147 cm³/mol. The van der Waals surface area contributed by atoms with Crippen molar-refractivity contribution < 1.29 is 13.9 Å². The molecule has 0 radical (unpaired) electrons. The van der Waals surface area contributed by atoms with Crippen LogP contribution in [-0.2, 0) is 17.8 Å². The lowest BCUT2D eigenvalue weighted by Gasteiger charge is -2.10. The normalized spacial score (nSPS) is 11.3. The van der Waals surface area contributed by atoms with Gasteiger partial charge in [-0.1, -0.05) is 29.5 Å². The zero-order valence-electron chi connectivity index (χ0n) is 21.4. The number of hydrogen-bond acceptors (Lipinski definition) is 8. The Morgan fingerprint density at radius 1 is 1.03 bits per heavy atom. The van der Waals surface area contributed by atoms with E-state index in [1.807, 2.05) is 28.9 Å². The standard InChI is InChI=1S/C30H26N6O3/c1-20-16-23(7-8-24(20)18-31-13-15-39-30(37)28-5-3-14-38-28)26-10-11-27-29(33-26)36(35-34-27)19-21-6-9-25-22(17-21)4-2-12-32-25/h2-12,14,16-17,31H,13,15,18-19H2,1H3. The number of aromatic nitrogens is 5. The van der Waals surface area contributed by atoms with E-state index in [1.165, 1.54) is 6.26 Å². The predicted octanol–water partition coefficient (Wildman–Crippen LogP) is 4.94. The van der Waals surface area contributed by atoms with Crippen molar-refractivity contribution in [3.8, 4) is 11.3 Å². The molecule has 2 aromatic carbocycles. The van der Waals surface area contributed by atoms with Crippen LogP contribution >= 0.6 is 0 Å². The Morgan fingerprint density at radius 2 is 1.95 bits per heavy atom. The van der Waals surface area contributed by atoms with E-state index in [0.717, 1.165) is 50.0 Å². The van der Waals surface area contributed by atoms with Gasteiger partial charge in [0.2, 0.25) is 5.76 Å². The SMILES string of the molecule is Cc1cc(-c2ccc3nnn(Cc4ccc5ncccc5c4)c3n2)ccc1CNCCOC(=O)c1ccco1. The van der Waals surface area contributed by atoms with Crippen LogP contribution in [0.5, 0.6) is 0 Å². The zero-order valence-corrected chi connectivity index (χ0v) is 21.4. The van der Waals surface area contributed by atoms with E-state index in [-0.39, 0.29) is 12.4 Å². The van der Waals surface area contributed by atoms with Crippen molar-refractivity contribution in [2.24, 2.45) is 0 Å². The van der Waals surface area contributed by atoms with E-state index in [2.05, 4.69) is 63.9 Å². The second-order valence-electron chi connectivity index (χ2n) is 9.25. The number of carbonyl (C=O) groups excluding carboxylic acids is 1. The van der Waals surface area contributed by atoms with Crippen LogP contribution in [0.25, 0.3) is 33.3 Å². The molecule has 4 aromatic heterocycles. The molecule has 9 heteroatoms. The summed E-state index contributed by atoms with van der Waals surface area (Å²) in [5.41, 5.74) is 7.76. The molecule has 9 nitrogen and oxygen atoms in total. The summed E-state index contributed by atoms with van der Waals surface area (Å²) in [5.74, 6) is -0.254. The number of esters is 1. The van der Waals surface area contributed by atoms with Gasteiger partial charge in [-0.2, -0.15) is 0 Å². The number of carbonyl (C=O) groups is 1. The lowest BCUT2D eigenvalue weighted by Crippen LogP contribution is -2.21. The molecule has 6 aromatic rings. The van der Waals surface area contributed by atoms with Gasteiger partial charge in [-0.25, -0.2) is 14.5 Å². The Kier molecular flexibility index (Phi) is 6.80. The number of nitrogens with zero attached hydrogens (tertiary/aromatic N) is 5. The Hall–Kier alpha value is -4.89. The third-order valence-corrected chi connectivity index (χ3v) is 6.55. The second kappa shape index (κ2) is 10.8. The van der Waals surface area contributed by atoms with Crippen LogP contribution in [-0.4, -0.2) is 44.1 Å². The molecule has 0 bridgehead atoms. The van der Waals surface area contributed by atoms with Crippen LogP contribution in [0.2, 0.25) is 0 Å². The van der Waals surface area contributed by atoms with Crippen molar-refractivity contribution in [2.75, 3.05) is 13.2 Å². The first-order valence-corrected chi connectivity index (χ1v) is 12.7. The Balaban J connectivity index is 1.12. The molecule has 0 amide bonds. The summed E-state index contributed by atoms with van der Waals surface area (Å²) in [7, 11) is 0. The number of rotatable bonds is 9. The molecule has 39 heavy (non-hydrogen) atoms. The minimum absolute atomic E-state index is 0.207. The maximum absolute atomic E-state index is 11.8. The summed E-state index contributed by atoms with van der Waals surface area (Å²) < 4.78 is 12.1. The van der Waals surface area contributed by atoms with Gasteiger partial charge in [0.1, 0.15) is 12.1 Å². The summed E-state index contributed by atoms with van der Waals surface area (Å²) in [5, 5.41) is 13.1. The van der Waals surface area contributed by atoms with Gasteiger partial charge in [0.05, 0.1) is 24.0 Å². The summed E-state index contributed by atoms with van der Waals surface area (Å²) >= 11 is 0. The molecule has 0 unspecified atom stereocenters. The molecule has 0 fully saturated rings. The van der Waals surface area contributed by atoms with Crippen molar-refractivity contribution in [1.82, 2.24) is 30.3 Å². The molecule has 0 spiro atoms. The average molecular weight is 519 g/mol. The summed E-state index contributed by atoms with van der Waals surface area (Å²) in [6, 6.07) is 23.7.